The van der Waals surface area contributed by atoms with E-state index < -0.39 is 0 Å². The van der Waals surface area contributed by atoms with Crippen molar-refractivity contribution in [3.8, 4) is 0 Å². The smallest absolute Gasteiger partial charge is 0.257 e. The standard InChI is InChI=1S/C27H26ClN3O3/c28-24-9-5-4-8-23(24)26(33)30-22-12-10-21(11-13-22)27(34)31-16-14-20(15-17-31)25(32)29-18-19-6-2-1-3-7-19/h1-13,20H,14-18H2,(H,29,32)(H,30,33). The van der Waals surface area contributed by atoms with Gasteiger partial charge in [-0.05, 0) is 54.8 Å². The predicted molar refractivity (Wildman–Crippen MR) is 133 cm³/mol. The van der Waals surface area contributed by atoms with Gasteiger partial charge in [0.2, 0.25) is 5.91 Å². The van der Waals surface area contributed by atoms with Gasteiger partial charge in [-0.3, -0.25) is 14.4 Å². The van der Waals surface area contributed by atoms with E-state index in [0.717, 1.165) is 5.56 Å². The third kappa shape index (κ3) is 5.83. The maximum absolute atomic E-state index is 12.9. The predicted octanol–water partition coefficient (Wildman–Crippen LogP) is 4.76. The van der Waals surface area contributed by atoms with Crippen LogP contribution in [-0.4, -0.2) is 35.7 Å². The molecule has 0 spiro atoms. The number of benzene rings is 3. The summed E-state index contributed by atoms with van der Waals surface area (Å²) in [6.45, 7) is 1.58. The van der Waals surface area contributed by atoms with Crippen molar-refractivity contribution < 1.29 is 14.4 Å². The molecule has 34 heavy (non-hydrogen) atoms. The molecule has 6 nitrogen and oxygen atoms in total. The molecule has 0 bridgehead atoms. The van der Waals surface area contributed by atoms with Gasteiger partial charge in [-0.2, -0.15) is 0 Å². The Morgan fingerprint density at radius 1 is 0.853 bits per heavy atom. The molecule has 0 atom stereocenters. The fraction of sp³-hybridized carbons (Fsp3) is 0.222. The third-order valence-corrected chi connectivity index (χ3v) is 6.30. The quantitative estimate of drug-likeness (QED) is 0.539. The zero-order valence-electron chi connectivity index (χ0n) is 18.7. The van der Waals surface area contributed by atoms with Crippen LogP contribution in [0.1, 0.15) is 39.1 Å². The van der Waals surface area contributed by atoms with Gasteiger partial charge in [-0.1, -0.05) is 54.1 Å². The number of hydrogen-bond donors (Lipinski definition) is 2. The Hall–Kier alpha value is -3.64. The first-order chi connectivity index (χ1) is 16.5. The van der Waals surface area contributed by atoms with Gasteiger partial charge in [0.15, 0.2) is 0 Å². The summed E-state index contributed by atoms with van der Waals surface area (Å²) in [7, 11) is 0. The Labute approximate surface area is 203 Å². The number of nitrogens with zero attached hydrogens (tertiary/aromatic N) is 1. The fourth-order valence-electron chi connectivity index (χ4n) is 4.00. The van der Waals surface area contributed by atoms with Crippen LogP contribution in [0.25, 0.3) is 0 Å². The number of likely N-dealkylation sites (tertiary alicyclic amines) is 1. The van der Waals surface area contributed by atoms with E-state index in [1.807, 2.05) is 30.3 Å². The lowest BCUT2D eigenvalue weighted by Crippen LogP contribution is -2.42. The summed E-state index contributed by atoms with van der Waals surface area (Å²) < 4.78 is 0. The third-order valence-electron chi connectivity index (χ3n) is 5.97. The number of carbonyl (C=O) groups is 3. The molecule has 3 amide bonds. The molecule has 174 valence electrons. The Morgan fingerprint density at radius 3 is 2.18 bits per heavy atom. The zero-order chi connectivity index (χ0) is 23.9. The monoisotopic (exact) mass is 475 g/mol. The Bertz CT molecular complexity index is 1160. The zero-order valence-corrected chi connectivity index (χ0v) is 19.4. The van der Waals surface area contributed by atoms with Gasteiger partial charge in [0.25, 0.3) is 11.8 Å². The summed E-state index contributed by atoms with van der Waals surface area (Å²) >= 11 is 6.08. The number of amides is 3. The molecule has 3 aromatic carbocycles. The SMILES string of the molecule is O=C(Nc1ccc(C(=O)N2CCC(C(=O)NCc3ccccc3)CC2)cc1)c1ccccc1Cl. The van der Waals surface area contributed by atoms with Crippen LogP contribution in [0.3, 0.4) is 0 Å². The Kier molecular flexibility index (Phi) is 7.60. The van der Waals surface area contributed by atoms with E-state index in [9.17, 15) is 14.4 Å². The van der Waals surface area contributed by atoms with Crippen molar-refractivity contribution in [2.45, 2.75) is 19.4 Å². The number of hydrogen-bond acceptors (Lipinski definition) is 3. The molecule has 1 heterocycles. The van der Waals surface area contributed by atoms with Crippen LogP contribution in [0.5, 0.6) is 0 Å². The van der Waals surface area contributed by atoms with E-state index in [-0.39, 0.29) is 23.6 Å². The van der Waals surface area contributed by atoms with Crippen molar-refractivity contribution in [1.82, 2.24) is 10.2 Å². The average Bonchev–Trinajstić information content (AvgIpc) is 2.88. The number of anilines is 1. The molecule has 0 saturated carbocycles. The summed E-state index contributed by atoms with van der Waals surface area (Å²) in [6.07, 6.45) is 1.27. The fourth-order valence-corrected chi connectivity index (χ4v) is 4.22. The van der Waals surface area contributed by atoms with E-state index in [1.54, 1.807) is 53.4 Å². The normalized spacial score (nSPS) is 13.9. The molecule has 4 rings (SSSR count). The van der Waals surface area contributed by atoms with Gasteiger partial charge >= 0.3 is 0 Å². The molecule has 0 aromatic heterocycles. The summed E-state index contributed by atoms with van der Waals surface area (Å²) in [4.78, 5) is 39.6. The second-order valence-electron chi connectivity index (χ2n) is 8.28. The van der Waals surface area contributed by atoms with E-state index in [1.165, 1.54) is 0 Å². The van der Waals surface area contributed by atoms with Crippen LogP contribution in [0.2, 0.25) is 5.02 Å². The molecule has 1 aliphatic rings. The molecule has 2 N–H and O–H groups in total. The van der Waals surface area contributed by atoms with Gasteiger partial charge in [0.05, 0.1) is 10.6 Å². The molecule has 1 fully saturated rings. The molecule has 7 heteroatoms. The highest BCUT2D eigenvalue weighted by molar-refractivity contribution is 6.34. The van der Waals surface area contributed by atoms with Crippen molar-refractivity contribution in [3.05, 3.63) is 101 Å². The van der Waals surface area contributed by atoms with Gasteiger partial charge < -0.3 is 15.5 Å². The summed E-state index contributed by atoms with van der Waals surface area (Å²) in [5.41, 5.74) is 2.58. The molecule has 0 unspecified atom stereocenters. The largest absolute Gasteiger partial charge is 0.352 e. The van der Waals surface area contributed by atoms with Crippen molar-refractivity contribution in [1.29, 1.82) is 0 Å². The van der Waals surface area contributed by atoms with Crippen LogP contribution in [0, 0.1) is 5.92 Å². The first-order valence-electron chi connectivity index (χ1n) is 11.3. The number of rotatable bonds is 6. The highest BCUT2D eigenvalue weighted by Crippen LogP contribution is 2.21. The van der Waals surface area contributed by atoms with Gasteiger partial charge in [-0.25, -0.2) is 0 Å². The summed E-state index contributed by atoms with van der Waals surface area (Å²) in [5.74, 6) is -0.436. The van der Waals surface area contributed by atoms with Gasteiger partial charge in [0, 0.05) is 36.8 Å². The lowest BCUT2D eigenvalue weighted by molar-refractivity contribution is -0.126. The van der Waals surface area contributed by atoms with Gasteiger partial charge in [-0.15, -0.1) is 0 Å². The minimum Gasteiger partial charge on any atom is -0.352 e. The molecule has 3 aromatic rings. The number of carbonyl (C=O) groups excluding carboxylic acids is 3. The van der Waals surface area contributed by atoms with E-state index >= 15 is 0 Å². The van der Waals surface area contributed by atoms with Crippen LogP contribution >= 0.6 is 11.6 Å². The molecule has 1 aliphatic heterocycles. The lowest BCUT2D eigenvalue weighted by atomic mass is 9.95. The van der Waals surface area contributed by atoms with Crippen molar-refractivity contribution in [2.75, 3.05) is 18.4 Å². The van der Waals surface area contributed by atoms with Crippen LogP contribution in [0.15, 0.2) is 78.9 Å². The minimum atomic E-state index is -0.308. The van der Waals surface area contributed by atoms with E-state index in [0.29, 0.717) is 54.3 Å². The van der Waals surface area contributed by atoms with Crippen LogP contribution < -0.4 is 10.6 Å². The maximum Gasteiger partial charge on any atom is 0.257 e. The highest BCUT2D eigenvalue weighted by atomic mass is 35.5. The molecule has 0 radical (unpaired) electrons. The van der Waals surface area contributed by atoms with Crippen molar-refractivity contribution in [3.63, 3.8) is 0 Å². The Balaban J connectivity index is 1.27. The first-order valence-corrected chi connectivity index (χ1v) is 11.7. The minimum absolute atomic E-state index is 0.0366. The molecule has 1 saturated heterocycles. The second kappa shape index (κ2) is 11.0. The number of nitrogens with one attached hydrogen (secondary N) is 2. The number of piperidine rings is 1. The average molecular weight is 476 g/mol. The maximum atomic E-state index is 12.9. The first kappa shape index (κ1) is 23.5. The summed E-state index contributed by atoms with van der Waals surface area (Å²) in [6, 6.07) is 23.4. The topological polar surface area (TPSA) is 78.5 Å². The van der Waals surface area contributed by atoms with Gasteiger partial charge in [0.1, 0.15) is 0 Å². The molecule has 0 aliphatic carbocycles. The lowest BCUT2D eigenvalue weighted by Gasteiger charge is -2.31. The number of halogens is 1. The second-order valence-corrected chi connectivity index (χ2v) is 8.69. The van der Waals surface area contributed by atoms with E-state index in [2.05, 4.69) is 10.6 Å². The summed E-state index contributed by atoms with van der Waals surface area (Å²) in [5, 5.41) is 6.17. The van der Waals surface area contributed by atoms with Crippen LogP contribution in [-0.2, 0) is 11.3 Å². The molecular formula is C27H26ClN3O3. The van der Waals surface area contributed by atoms with Crippen molar-refractivity contribution in [2.24, 2.45) is 5.92 Å². The van der Waals surface area contributed by atoms with E-state index in [4.69, 9.17) is 11.6 Å². The van der Waals surface area contributed by atoms with Crippen molar-refractivity contribution >= 4 is 35.0 Å². The molecular weight excluding hydrogens is 450 g/mol. The van der Waals surface area contributed by atoms with Crippen LogP contribution in [0.4, 0.5) is 5.69 Å². The highest BCUT2D eigenvalue weighted by Gasteiger charge is 2.27. The Morgan fingerprint density at radius 2 is 1.50 bits per heavy atom.